The van der Waals surface area contributed by atoms with E-state index in [2.05, 4.69) is 15.9 Å². The fourth-order valence-corrected chi connectivity index (χ4v) is 3.15. The Morgan fingerprint density at radius 3 is 2.10 bits per heavy atom. The van der Waals surface area contributed by atoms with Crippen LogP contribution in [0.5, 0.6) is 0 Å². The van der Waals surface area contributed by atoms with Crippen molar-refractivity contribution < 1.29 is 13.2 Å². The van der Waals surface area contributed by atoms with Crippen LogP contribution in [-0.2, 0) is 0 Å². The topological polar surface area (TPSA) is 0 Å². The van der Waals surface area contributed by atoms with Gasteiger partial charge in [0.05, 0.1) is 4.83 Å². The van der Waals surface area contributed by atoms with Gasteiger partial charge < -0.3 is 0 Å². The SMILES string of the molecule is Fc1ccc(C(Br)c2ccc(F)c3ccccc23)c(F)c1. The van der Waals surface area contributed by atoms with Crippen molar-refractivity contribution in [1.82, 2.24) is 0 Å². The third-order valence-electron chi connectivity index (χ3n) is 3.41. The maximum absolute atomic E-state index is 13.9. The Bertz CT molecular complexity index is 814. The van der Waals surface area contributed by atoms with Crippen LogP contribution in [0.1, 0.15) is 16.0 Å². The van der Waals surface area contributed by atoms with Crippen molar-refractivity contribution >= 4 is 26.7 Å². The van der Waals surface area contributed by atoms with Crippen LogP contribution >= 0.6 is 15.9 Å². The molecule has 0 N–H and O–H groups in total. The van der Waals surface area contributed by atoms with Crippen LogP contribution in [-0.4, -0.2) is 0 Å². The zero-order valence-electron chi connectivity index (χ0n) is 10.8. The molecule has 0 aliphatic carbocycles. The Kier molecular flexibility index (Phi) is 3.72. The molecule has 0 amide bonds. The summed E-state index contributed by atoms with van der Waals surface area (Å²) in [6, 6.07) is 13.4. The van der Waals surface area contributed by atoms with Crippen molar-refractivity contribution in [3.63, 3.8) is 0 Å². The molecule has 3 rings (SSSR count). The highest BCUT2D eigenvalue weighted by Gasteiger charge is 2.18. The lowest BCUT2D eigenvalue weighted by atomic mass is 9.97. The van der Waals surface area contributed by atoms with Gasteiger partial charge in [-0.05, 0) is 23.1 Å². The molecule has 0 aliphatic heterocycles. The highest BCUT2D eigenvalue weighted by molar-refractivity contribution is 9.09. The van der Waals surface area contributed by atoms with Gasteiger partial charge in [0.15, 0.2) is 0 Å². The van der Waals surface area contributed by atoms with Crippen molar-refractivity contribution in [3.05, 3.63) is 83.2 Å². The maximum Gasteiger partial charge on any atom is 0.131 e. The Hall–Kier alpha value is -1.81. The fourth-order valence-electron chi connectivity index (χ4n) is 2.38. The second-order valence-electron chi connectivity index (χ2n) is 4.71. The number of halogens is 4. The normalized spacial score (nSPS) is 12.6. The largest absolute Gasteiger partial charge is 0.207 e. The quantitative estimate of drug-likeness (QED) is 0.517. The first-order chi connectivity index (χ1) is 10.1. The summed E-state index contributed by atoms with van der Waals surface area (Å²) < 4.78 is 40.8. The Labute approximate surface area is 128 Å². The number of benzene rings is 3. The molecule has 1 unspecified atom stereocenters. The number of alkyl halides is 1. The third kappa shape index (κ3) is 2.56. The van der Waals surface area contributed by atoms with E-state index >= 15 is 0 Å². The molecule has 0 aliphatic rings. The third-order valence-corrected chi connectivity index (χ3v) is 4.40. The van der Waals surface area contributed by atoms with Crippen LogP contribution in [0.3, 0.4) is 0 Å². The average Bonchev–Trinajstić information content (AvgIpc) is 2.47. The predicted octanol–water partition coefficient (Wildman–Crippen LogP) is 5.74. The van der Waals surface area contributed by atoms with Crippen molar-refractivity contribution in [2.45, 2.75) is 4.83 Å². The van der Waals surface area contributed by atoms with Gasteiger partial charge in [-0.25, -0.2) is 13.2 Å². The zero-order chi connectivity index (χ0) is 15.0. The minimum atomic E-state index is -0.634. The standard InChI is InChI=1S/C17H10BrF3/c18-17(14-6-5-10(19)9-16(14)21)13-7-8-15(20)12-4-2-1-3-11(12)13/h1-9,17H. The second-order valence-corrected chi connectivity index (χ2v) is 5.63. The summed E-state index contributed by atoms with van der Waals surface area (Å²) in [5, 5.41) is 1.17. The van der Waals surface area contributed by atoms with Crippen LogP contribution in [0.2, 0.25) is 0 Å². The lowest BCUT2D eigenvalue weighted by Gasteiger charge is -2.15. The molecule has 0 bridgehead atoms. The van der Waals surface area contributed by atoms with E-state index in [-0.39, 0.29) is 5.82 Å². The van der Waals surface area contributed by atoms with Crippen molar-refractivity contribution in [3.8, 4) is 0 Å². The van der Waals surface area contributed by atoms with Crippen LogP contribution in [0.25, 0.3) is 10.8 Å². The highest BCUT2D eigenvalue weighted by atomic mass is 79.9. The molecule has 0 spiro atoms. The number of hydrogen-bond acceptors (Lipinski definition) is 0. The van der Waals surface area contributed by atoms with E-state index in [1.54, 1.807) is 30.3 Å². The summed E-state index contributed by atoms with van der Waals surface area (Å²) in [4.78, 5) is -0.483. The van der Waals surface area contributed by atoms with E-state index in [9.17, 15) is 13.2 Å². The molecule has 0 nitrogen and oxygen atoms in total. The summed E-state index contributed by atoms with van der Waals surface area (Å²) in [5.41, 5.74) is 1.05. The van der Waals surface area contributed by atoms with Gasteiger partial charge in [0.2, 0.25) is 0 Å². The van der Waals surface area contributed by atoms with E-state index in [1.165, 1.54) is 18.2 Å². The lowest BCUT2D eigenvalue weighted by Crippen LogP contribution is -1.99. The molecule has 1 atom stereocenters. The molecule has 21 heavy (non-hydrogen) atoms. The van der Waals surface area contributed by atoms with E-state index in [0.29, 0.717) is 16.3 Å². The van der Waals surface area contributed by atoms with Gasteiger partial charge >= 0.3 is 0 Å². The van der Waals surface area contributed by atoms with E-state index in [4.69, 9.17) is 0 Å². The smallest absolute Gasteiger partial charge is 0.131 e. The molecule has 3 aromatic rings. The summed E-state index contributed by atoms with van der Waals surface area (Å²) >= 11 is 3.43. The van der Waals surface area contributed by atoms with Crippen molar-refractivity contribution in [2.75, 3.05) is 0 Å². The highest BCUT2D eigenvalue weighted by Crippen LogP contribution is 2.37. The van der Waals surface area contributed by atoms with Crippen LogP contribution in [0.4, 0.5) is 13.2 Å². The van der Waals surface area contributed by atoms with E-state index in [0.717, 1.165) is 11.6 Å². The molecular formula is C17H10BrF3. The Morgan fingerprint density at radius 1 is 0.714 bits per heavy atom. The van der Waals surface area contributed by atoms with Crippen molar-refractivity contribution in [1.29, 1.82) is 0 Å². The Morgan fingerprint density at radius 2 is 1.38 bits per heavy atom. The minimum absolute atomic E-state index is 0.313. The minimum Gasteiger partial charge on any atom is -0.207 e. The van der Waals surface area contributed by atoms with Gasteiger partial charge in [-0.2, -0.15) is 0 Å². The second kappa shape index (κ2) is 5.53. The molecule has 0 saturated carbocycles. The molecule has 0 aromatic heterocycles. The van der Waals surface area contributed by atoms with E-state index < -0.39 is 16.5 Å². The molecule has 4 heteroatoms. The van der Waals surface area contributed by atoms with Gasteiger partial charge in [-0.3, -0.25) is 0 Å². The fraction of sp³-hybridized carbons (Fsp3) is 0.0588. The molecular weight excluding hydrogens is 341 g/mol. The van der Waals surface area contributed by atoms with Gasteiger partial charge in [-0.15, -0.1) is 0 Å². The van der Waals surface area contributed by atoms with E-state index in [1.807, 2.05) is 0 Å². The lowest BCUT2D eigenvalue weighted by molar-refractivity contribution is 0.574. The first kappa shape index (κ1) is 14.1. The van der Waals surface area contributed by atoms with Gasteiger partial charge in [-0.1, -0.05) is 52.3 Å². The predicted molar refractivity (Wildman–Crippen MR) is 81.0 cm³/mol. The van der Waals surface area contributed by atoms with Gasteiger partial charge in [0.25, 0.3) is 0 Å². The monoisotopic (exact) mass is 350 g/mol. The number of hydrogen-bond donors (Lipinski definition) is 0. The number of rotatable bonds is 2. The van der Waals surface area contributed by atoms with Crippen LogP contribution in [0, 0.1) is 17.5 Å². The zero-order valence-corrected chi connectivity index (χ0v) is 12.4. The van der Waals surface area contributed by atoms with Gasteiger partial charge in [0, 0.05) is 17.0 Å². The summed E-state index contributed by atoms with van der Waals surface area (Å²) in [7, 11) is 0. The summed E-state index contributed by atoms with van der Waals surface area (Å²) in [6.45, 7) is 0. The van der Waals surface area contributed by atoms with Gasteiger partial charge in [0.1, 0.15) is 17.5 Å². The molecule has 0 radical (unpaired) electrons. The average molecular weight is 351 g/mol. The number of fused-ring (bicyclic) bond motifs is 1. The van der Waals surface area contributed by atoms with Crippen LogP contribution in [0.15, 0.2) is 54.6 Å². The molecule has 3 aromatic carbocycles. The Balaban J connectivity index is 2.18. The first-order valence-corrected chi connectivity index (χ1v) is 7.25. The first-order valence-electron chi connectivity index (χ1n) is 6.34. The van der Waals surface area contributed by atoms with Crippen molar-refractivity contribution in [2.24, 2.45) is 0 Å². The summed E-state index contributed by atoms with van der Waals surface area (Å²) in [6.07, 6.45) is 0. The molecule has 0 heterocycles. The maximum atomic E-state index is 13.9. The molecule has 0 saturated heterocycles. The van der Waals surface area contributed by atoms with Crippen LogP contribution < -0.4 is 0 Å². The molecule has 0 fully saturated rings. The summed E-state index contributed by atoms with van der Waals surface area (Å²) in [5.74, 6) is -1.58. The molecule has 106 valence electrons.